The van der Waals surface area contributed by atoms with Crippen LogP contribution in [0.2, 0.25) is 0 Å². The predicted octanol–water partition coefficient (Wildman–Crippen LogP) is 12.0. The molecular weight excluding hydrogens is 677 g/mol. The lowest BCUT2D eigenvalue weighted by molar-refractivity contribution is -0.161. The summed E-state index contributed by atoms with van der Waals surface area (Å²) >= 11 is 0. The molecule has 0 aliphatic carbocycles. The average molecular weight is 758 g/mol. The molecule has 0 rings (SSSR count). The lowest BCUT2D eigenvalue weighted by Crippen LogP contribution is -2.29. The second-order valence-corrected chi connectivity index (χ2v) is 15.7. The van der Waals surface area contributed by atoms with E-state index in [-0.39, 0.29) is 32.6 Å². The van der Waals surface area contributed by atoms with E-state index in [2.05, 4.69) is 38.2 Å². The number of unbranched alkanes of at least 4 members (excludes halogenated alkanes) is 23. The third kappa shape index (κ3) is 38.2. The lowest BCUT2D eigenvalue weighted by atomic mass is 10.1. The molecule has 0 saturated heterocycles. The van der Waals surface area contributed by atoms with Gasteiger partial charge in [-0.3, -0.25) is 18.6 Å². The Morgan fingerprint density at radius 3 is 1.37 bits per heavy atom. The van der Waals surface area contributed by atoms with Gasteiger partial charge in [-0.05, 0) is 64.2 Å². The molecule has 0 saturated carbocycles. The summed E-state index contributed by atoms with van der Waals surface area (Å²) in [6.45, 7) is 3.71. The molecule has 0 aromatic rings. The molecular formula is C42H80NO8P. The average Bonchev–Trinajstić information content (AvgIpc) is 3.13. The fraction of sp³-hybridized carbons (Fsp3) is 0.857. The number of nitrogens with two attached hydrogens (primary N) is 1. The highest BCUT2D eigenvalue weighted by molar-refractivity contribution is 7.47. The highest BCUT2D eigenvalue weighted by Gasteiger charge is 2.26. The summed E-state index contributed by atoms with van der Waals surface area (Å²) in [6, 6.07) is 0. The first-order valence-corrected chi connectivity index (χ1v) is 22.8. The van der Waals surface area contributed by atoms with Gasteiger partial charge in [-0.1, -0.05) is 147 Å². The SMILES string of the molecule is CCCCCCC/C=C\CCCCCCCC(=O)OC(COC(=O)CCCCCCC/C=C/CCCCCCCCCC)COP(=O)(O)OCCN. The second-order valence-electron chi connectivity index (χ2n) is 14.2. The van der Waals surface area contributed by atoms with Gasteiger partial charge < -0.3 is 20.1 Å². The van der Waals surface area contributed by atoms with E-state index in [4.69, 9.17) is 24.3 Å². The zero-order chi connectivity index (χ0) is 38.2. The number of ether oxygens (including phenoxy) is 2. The van der Waals surface area contributed by atoms with Crippen molar-refractivity contribution in [2.24, 2.45) is 5.73 Å². The number of hydrogen-bond acceptors (Lipinski definition) is 8. The molecule has 2 unspecified atom stereocenters. The van der Waals surface area contributed by atoms with Gasteiger partial charge in [0.25, 0.3) is 0 Å². The molecule has 0 aliphatic heterocycles. The van der Waals surface area contributed by atoms with Gasteiger partial charge in [0.1, 0.15) is 6.61 Å². The summed E-state index contributed by atoms with van der Waals surface area (Å²) in [5.74, 6) is -0.844. The molecule has 0 amide bonds. The molecule has 0 heterocycles. The summed E-state index contributed by atoms with van der Waals surface area (Å²) in [6.07, 6.45) is 40.6. The molecule has 0 aromatic carbocycles. The van der Waals surface area contributed by atoms with Crippen LogP contribution in [-0.4, -0.2) is 49.3 Å². The summed E-state index contributed by atoms with van der Waals surface area (Å²) in [4.78, 5) is 34.8. The van der Waals surface area contributed by atoms with E-state index < -0.39 is 32.5 Å². The predicted molar refractivity (Wildman–Crippen MR) is 215 cm³/mol. The largest absolute Gasteiger partial charge is 0.472 e. The molecule has 0 radical (unpaired) electrons. The number of phosphoric ester groups is 1. The fourth-order valence-corrected chi connectivity index (χ4v) is 6.62. The van der Waals surface area contributed by atoms with Crippen LogP contribution in [0, 0.1) is 0 Å². The number of rotatable bonds is 40. The van der Waals surface area contributed by atoms with Crippen molar-refractivity contribution in [2.75, 3.05) is 26.4 Å². The summed E-state index contributed by atoms with van der Waals surface area (Å²) in [7, 11) is -4.38. The standard InChI is InChI=1S/C42H80NO8P/c1-3-5-7-9-11-13-15-17-19-20-21-23-24-26-28-30-32-34-41(44)48-38-40(39-50-52(46,47)49-37-36-43)51-42(45)35-33-31-29-27-25-22-18-16-14-12-10-8-6-4-2/h16,18,20-21,40H,3-15,17,19,22-39,43H2,1-2H3,(H,46,47)/b18-16-,21-20+. The zero-order valence-electron chi connectivity index (χ0n) is 33.6. The maximum Gasteiger partial charge on any atom is 0.472 e. The van der Waals surface area contributed by atoms with Crippen LogP contribution in [0.15, 0.2) is 24.3 Å². The van der Waals surface area contributed by atoms with Crippen molar-refractivity contribution in [1.82, 2.24) is 0 Å². The van der Waals surface area contributed by atoms with Crippen molar-refractivity contribution in [2.45, 2.75) is 206 Å². The van der Waals surface area contributed by atoms with E-state index in [9.17, 15) is 19.0 Å². The maximum absolute atomic E-state index is 12.5. The van der Waals surface area contributed by atoms with Gasteiger partial charge in [0.05, 0.1) is 13.2 Å². The van der Waals surface area contributed by atoms with Crippen LogP contribution in [-0.2, 0) is 32.7 Å². The smallest absolute Gasteiger partial charge is 0.462 e. The third-order valence-corrected chi connectivity index (χ3v) is 10.0. The molecule has 0 spiro atoms. The second kappa shape index (κ2) is 39.2. The Hall–Kier alpha value is -1.51. The van der Waals surface area contributed by atoms with Gasteiger partial charge in [0, 0.05) is 19.4 Å². The highest BCUT2D eigenvalue weighted by Crippen LogP contribution is 2.43. The highest BCUT2D eigenvalue weighted by atomic mass is 31.2. The first-order chi connectivity index (χ1) is 25.3. The van der Waals surface area contributed by atoms with E-state index in [1.807, 2.05) is 0 Å². The topological polar surface area (TPSA) is 134 Å². The van der Waals surface area contributed by atoms with Crippen LogP contribution in [0.5, 0.6) is 0 Å². The molecule has 9 nitrogen and oxygen atoms in total. The Morgan fingerprint density at radius 1 is 0.558 bits per heavy atom. The van der Waals surface area contributed by atoms with Crippen LogP contribution in [0.3, 0.4) is 0 Å². The van der Waals surface area contributed by atoms with Crippen molar-refractivity contribution in [3.8, 4) is 0 Å². The lowest BCUT2D eigenvalue weighted by Gasteiger charge is -2.19. The van der Waals surface area contributed by atoms with Crippen molar-refractivity contribution in [1.29, 1.82) is 0 Å². The number of hydrogen-bond donors (Lipinski definition) is 2. The molecule has 52 heavy (non-hydrogen) atoms. The minimum absolute atomic E-state index is 0.0519. The first-order valence-electron chi connectivity index (χ1n) is 21.3. The molecule has 0 bridgehead atoms. The summed E-state index contributed by atoms with van der Waals surface area (Å²) in [5, 5.41) is 0. The van der Waals surface area contributed by atoms with Gasteiger partial charge in [0.2, 0.25) is 0 Å². The van der Waals surface area contributed by atoms with Crippen LogP contribution >= 0.6 is 7.82 Å². The van der Waals surface area contributed by atoms with E-state index in [1.54, 1.807) is 0 Å². The maximum atomic E-state index is 12.5. The number of carbonyl (C=O) groups is 2. The van der Waals surface area contributed by atoms with Crippen LogP contribution < -0.4 is 5.73 Å². The van der Waals surface area contributed by atoms with E-state index in [1.165, 1.54) is 96.3 Å². The molecule has 10 heteroatoms. The Kier molecular flexibility index (Phi) is 38.1. The van der Waals surface area contributed by atoms with E-state index in [0.29, 0.717) is 6.42 Å². The molecule has 2 atom stereocenters. The minimum Gasteiger partial charge on any atom is -0.462 e. The van der Waals surface area contributed by atoms with E-state index >= 15 is 0 Å². The van der Waals surface area contributed by atoms with Crippen molar-refractivity contribution < 1.29 is 37.6 Å². The molecule has 0 aliphatic rings. The minimum atomic E-state index is -4.38. The van der Waals surface area contributed by atoms with Gasteiger partial charge >= 0.3 is 19.8 Å². The van der Waals surface area contributed by atoms with Crippen LogP contribution in [0.1, 0.15) is 200 Å². The Morgan fingerprint density at radius 2 is 0.942 bits per heavy atom. The normalized spacial score (nSPS) is 13.5. The Bertz CT molecular complexity index is 912. The number of esters is 2. The number of carbonyl (C=O) groups excluding carboxylic acids is 2. The molecule has 306 valence electrons. The van der Waals surface area contributed by atoms with Gasteiger partial charge in [-0.15, -0.1) is 0 Å². The van der Waals surface area contributed by atoms with Crippen molar-refractivity contribution >= 4 is 19.8 Å². The Labute approximate surface area is 319 Å². The zero-order valence-corrected chi connectivity index (χ0v) is 34.4. The van der Waals surface area contributed by atoms with E-state index in [0.717, 1.165) is 70.6 Å². The first kappa shape index (κ1) is 50.5. The monoisotopic (exact) mass is 758 g/mol. The third-order valence-electron chi connectivity index (χ3n) is 9.06. The molecule has 3 N–H and O–H groups in total. The van der Waals surface area contributed by atoms with Gasteiger partial charge in [0.15, 0.2) is 6.10 Å². The molecule has 0 fully saturated rings. The number of allylic oxidation sites excluding steroid dienone is 4. The summed E-state index contributed by atoms with van der Waals surface area (Å²) in [5.41, 5.74) is 5.34. The van der Waals surface area contributed by atoms with Crippen molar-refractivity contribution in [3.63, 3.8) is 0 Å². The number of phosphoric acid groups is 1. The summed E-state index contributed by atoms with van der Waals surface area (Å²) < 4.78 is 32.7. The van der Waals surface area contributed by atoms with Gasteiger partial charge in [-0.2, -0.15) is 0 Å². The van der Waals surface area contributed by atoms with Crippen LogP contribution in [0.4, 0.5) is 0 Å². The van der Waals surface area contributed by atoms with Crippen LogP contribution in [0.25, 0.3) is 0 Å². The Balaban J connectivity index is 4.17. The van der Waals surface area contributed by atoms with Gasteiger partial charge in [-0.25, -0.2) is 4.57 Å². The van der Waals surface area contributed by atoms with Crippen molar-refractivity contribution in [3.05, 3.63) is 24.3 Å². The quantitative estimate of drug-likeness (QED) is 0.0271. The molecule has 0 aromatic heterocycles. The fourth-order valence-electron chi connectivity index (χ4n) is 5.86.